The molecule has 0 radical (unpaired) electrons. The molecule has 0 aliphatic heterocycles. The monoisotopic (exact) mass is 389 g/mol. The SMILES string of the molecule is CCOC(=O)c1sc(NC(=O)CC(NC(C)=O)c2ccc(C)cc2)nc1C. The van der Waals surface area contributed by atoms with Crippen molar-refractivity contribution in [3.8, 4) is 0 Å². The second-order valence-corrected chi connectivity index (χ2v) is 7.07. The van der Waals surface area contributed by atoms with Gasteiger partial charge in [0.2, 0.25) is 11.8 Å². The van der Waals surface area contributed by atoms with Crippen LogP contribution in [0.15, 0.2) is 24.3 Å². The third-order valence-corrected chi connectivity index (χ3v) is 4.80. The number of anilines is 1. The Hall–Kier alpha value is -2.74. The van der Waals surface area contributed by atoms with Crippen molar-refractivity contribution in [3.05, 3.63) is 46.0 Å². The lowest BCUT2D eigenvalue weighted by Gasteiger charge is -2.18. The number of aryl methyl sites for hydroxylation is 2. The number of nitrogens with zero attached hydrogens (tertiary/aromatic N) is 1. The van der Waals surface area contributed by atoms with Gasteiger partial charge in [0.15, 0.2) is 5.13 Å². The van der Waals surface area contributed by atoms with Gasteiger partial charge in [-0.3, -0.25) is 9.59 Å². The van der Waals surface area contributed by atoms with Crippen LogP contribution in [0.1, 0.15) is 52.8 Å². The molecule has 0 spiro atoms. The van der Waals surface area contributed by atoms with E-state index in [0.717, 1.165) is 22.5 Å². The normalized spacial score (nSPS) is 11.6. The maximum absolute atomic E-state index is 12.4. The van der Waals surface area contributed by atoms with Crippen molar-refractivity contribution in [3.63, 3.8) is 0 Å². The summed E-state index contributed by atoms with van der Waals surface area (Å²) < 4.78 is 4.97. The van der Waals surface area contributed by atoms with Gasteiger partial charge in [0.25, 0.3) is 0 Å². The molecule has 1 unspecified atom stereocenters. The van der Waals surface area contributed by atoms with Crippen LogP contribution in [0, 0.1) is 13.8 Å². The smallest absolute Gasteiger partial charge is 0.350 e. The van der Waals surface area contributed by atoms with Crippen LogP contribution in [-0.2, 0) is 14.3 Å². The number of ether oxygens (including phenoxy) is 1. The number of aromatic nitrogens is 1. The second kappa shape index (κ2) is 9.27. The van der Waals surface area contributed by atoms with Gasteiger partial charge in [-0.25, -0.2) is 9.78 Å². The van der Waals surface area contributed by atoms with Crippen molar-refractivity contribution in [2.75, 3.05) is 11.9 Å². The topological polar surface area (TPSA) is 97.4 Å². The minimum absolute atomic E-state index is 0.0516. The molecule has 2 amide bonds. The van der Waals surface area contributed by atoms with Gasteiger partial charge in [0.1, 0.15) is 4.88 Å². The van der Waals surface area contributed by atoms with Gasteiger partial charge in [0.05, 0.1) is 24.8 Å². The first-order valence-corrected chi connectivity index (χ1v) is 9.39. The standard InChI is InChI=1S/C19H23N3O4S/c1-5-26-18(25)17-12(3)20-19(27-17)22-16(24)10-15(21-13(4)23)14-8-6-11(2)7-9-14/h6-9,15H,5,10H2,1-4H3,(H,21,23)(H,20,22,24). The molecule has 2 rings (SSSR count). The molecule has 0 saturated carbocycles. The summed E-state index contributed by atoms with van der Waals surface area (Å²) in [6.07, 6.45) is 0.0516. The van der Waals surface area contributed by atoms with Gasteiger partial charge in [-0.1, -0.05) is 41.2 Å². The molecule has 7 nitrogen and oxygen atoms in total. The molecule has 144 valence electrons. The number of carbonyl (C=O) groups is 3. The summed E-state index contributed by atoms with van der Waals surface area (Å²) >= 11 is 1.07. The molecular weight excluding hydrogens is 366 g/mol. The maximum atomic E-state index is 12.4. The van der Waals surface area contributed by atoms with Crippen molar-refractivity contribution in [2.45, 2.75) is 40.2 Å². The molecule has 0 bridgehead atoms. The highest BCUT2D eigenvalue weighted by Gasteiger charge is 2.20. The molecule has 2 aromatic rings. The summed E-state index contributed by atoms with van der Waals surface area (Å²) in [5.41, 5.74) is 2.44. The Morgan fingerprint density at radius 2 is 1.85 bits per heavy atom. The number of thiazole rings is 1. The van der Waals surface area contributed by atoms with E-state index >= 15 is 0 Å². The average Bonchev–Trinajstić information content (AvgIpc) is 2.95. The van der Waals surface area contributed by atoms with Crippen LogP contribution in [0.3, 0.4) is 0 Å². The number of carbonyl (C=O) groups excluding carboxylic acids is 3. The fourth-order valence-electron chi connectivity index (χ4n) is 2.49. The van der Waals surface area contributed by atoms with E-state index in [0.29, 0.717) is 15.7 Å². The van der Waals surface area contributed by atoms with Crippen molar-refractivity contribution in [1.82, 2.24) is 10.3 Å². The van der Waals surface area contributed by atoms with E-state index in [2.05, 4.69) is 15.6 Å². The molecule has 8 heteroatoms. The minimum atomic E-state index is -0.455. The van der Waals surface area contributed by atoms with E-state index < -0.39 is 12.0 Å². The third-order valence-electron chi connectivity index (χ3n) is 3.75. The first-order valence-electron chi connectivity index (χ1n) is 8.58. The highest BCUT2D eigenvalue weighted by Crippen LogP contribution is 2.25. The predicted octanol–water partition coefficient (Wildman–Crippen LogP) is 3.14. The fraction of sp³-hybridized carbons (Fsp3) is 0.368. The highest BCUT2D eigenvalue weighted by atomic mass is 32.1. The number of nitrogens with one attached hydrogen (secondary N) is 2. The van der Waals surface area contributed by atoms with Gasteiger partial charge in [-0.2, -0.15) is 0 Å². The molecule has 0 saturated heterocycles. The molecule has 1 aromatic heterocycles. The van der Waals surface area contributed by atoms with Crippen LogP contribution in [0.25, 0.3) is 0 Å². The summed E-state index contributed by atoms with van der Waals surface area (Å²) in [5.74, 6) is -0.981. The van der Waals surface area contributed by atoms with Gasteiger partial charge >= 0.3 is 5.97 Å². The molecule has 0 aliphatic carbocycles. The first kappa shape index (κ1) is 20.6. The van der Waals surface area contributed by atoms with Crippen LogP contribution < -0.4 is 10.6 Å². The van der Waals surface area contributed by atoms with Crippen molar-refractivity contribution >= 4 is 34.3 Å². The van der Waals surface area contributed by atoms with Crippen molar-refractivity contribution in [2.24, 2.45) is 0 Å². The largest absolute Gasteiger partial charge is 0.462 e. The zero-order valence-corrected chi connectivity index (χ0v) is 16.6. The van der Waals surface area contributed by atoms with E-state index in [1.54, 1.807) is 13.8 Å². The maximum Gasteiger partial charge on any atom is 0.350 e. The zero-order chi connectivity index (χ0) is 20.0. The molecule has 2 N–H and O–H groups in total. The third kappa shape index (κ3) is 5.89. The number of benzene rings is 1. The first-order chi connectivity index (χ1) is 12.8. The number of rotatable bonds is 7. The van der Waals surface area contributed by atoms with E-state index in [1.807, 2.05) is 31.2 Å². The number of hydrogen-bond acceptors (Lipinski definition) is 6. The Balaban J connectivity index is 2.09. The van der Waals surface area contributed by atoms with E-state index in [9.17, 15) is 14.4 Å². The van der Waals surface area contributed by atoms with E-state index in [4.69, 9.17) is 4.74 Å². The quantitative estimate of drug-likeness (QED) is 0.709. The number of esters is 1. The molecule has 0 fully saturated rings. The van der Waals surface area contributed by atoms with Gasteiger partial charge in [-0.15, -0.1) is 0 Å². The lowest BCUT2D eigenvalue weighted by Crippen LogP contribution is -2.29. The molecule has 27 heavy (non-hydrogen) atoms. The summed E-state index contributed by atoms with van der Waals surface area (Å²) in [6.45, 7) is 7.06. The Morgan fingerprint density at radius 1 is 1.19 bits per heavy atom. The average molecular weight is 389 g/mol. The lowest BCUT2D eigenvalue weighted by atomic mass is 10.0. The summed E-state index contributed by atoms with van der Waals surface area (Å²) in [7, 11) is 0. The summed E-state index contributed by atoms with van der Waals surface area (Å²) in [5, 5.41) is 5.81. The van der Waals surface area contributed by atoms with Crippen LogP contribution in [-0.4, -0.2) is 29.4 Å². The Kier molecular flexibility index (Phi) is 7.06. The molecular formula is C19H23N3O4S. The van der Waals surface area contributed by atoms with Crippen LogP contribution >= 0.6 is 11.3 Å². The summed E-state index contributed by atoms with van der Waals surface area (Å²) in [4.78, 5) is 40.4. The van der Waals surface area contributed by atoms with Crippen LogP contribution in [0.5, 0.6) is 0 Å². The van der Waals surface area contributed by atoms with Crippen LogP contribution in [0.4, 0.5) is 5.13 Å². The van der Waals surface area contributed by atoms with Crippen molar-refractivity contribution < 1.29 is 19.1 Å². The molecule has 1 heterocycles. The number of hydrogen-bond donors (Lipinski definition) is 2. The highest BCUT2D eigenvalue weighted by molar-refractivity contribution is 7.17. The molecule has 1 atom stereocenters. The van der Waals surface area contributed by atoms with E-state index in [-0.39, 0.29) is 24.8 Å². The summed E-state index contributed by atoms with van der Waals surface area (Å²) in [6, 6.07) is 7.18. The van der Waals surface area contributed by atoms with Crippen LogP contribution in [0.2, 0.25) is 0 Å². The Morgan fingerprint density at radius 3 is 2.44 bits per heavy atom. The number of amides is 2. The van der Waals surface area contributed by atoms with Gasteiger partial charge in [0, 0.05) is 6.92 Å². The minimum Gasteiger partial charge on any atom is -0.462 e. The zero-order valence-electron chi connectivity index (χ0n) is 15.8. The fourth-order valence-corrected chi connectivity index (χ4v) is 3.36. The van der Waals surface area contributed by atoms with Gasteiger partial charge in [-0.05, 0) is 26.3 Å². The second-order valence-electron chi connectivity index (χ2n) is 6.07. The van der Waals surface area contributed by atoms with Crippen molar-refractivity contribution in [1.29, 1.82) is 0 Å². The molecule has 0 aliphatic rings. The lowest BCUT2D eigenvalue weighted by molar-refractivity contribution is -0.120. The Labute approximate surface area is 162 Å². The van der Waals surface area contributed by atoms with Gasteiger partial charge < -0.3 is 15.4 Å². The predicted molar refractivity (Wildman–Crippen MR) is 104 cm³/mol. The molecule has 1 aromatic carbocycles. The van der Waals surface area contributed by atoms with E-state index in [1.165, 1.54) is 6.92 Å². The Bertz CT molecular complexity index is 830.